The molecule has 6 rings (SSSR count). The number of primary amides is 1. The fourth-order valence-corrected chi connectivity index (χ4v) is 6.51. The number of hydrogen-bond donors (Lipinski definition) is 3. The number of likely N-dealkylation sites (N-methyl/N-ethyl adjacent to an activating group) is 1. The lowest BCUT2D eigenvalue weighted by Gasteiger charge is -2.42. The van der Waals surface area contributed by atoms with Gasteiger partial charge in [-0.15, -0.1) is 11.3 Å². The summed E-state index contributed by atoms with van der Waals surface area (Å²) in [4.78, 5) is 34.6. The number of piperazine rings is 1. The van der Waals surface area contributed by atoms with Gasteiger partial charge in [0.1, 0.15) is 5.69 Å². The van der Waals surface area contributed by atoms with E-state index in [4.69, 9.17) is 15.5 Å². The number of amides is 1. The predicted molar refractivity (Wildman–Crippen MR) is 163 cm³/mol. The van der Waals surface area contributed by atoms with Crippen LogP contribution in [0.5, 0.6) is 0 Å². The fourth-order valence-electron chi connectivity index (χ4n) is 5.90. The second-order valence-corrected chi connectivity index (χ2v) is 12.0. The number of carbonyl (C=O) groups is 1. The molecule has 1 amide bonds. The number of hydrogen-bond acceptors (Lipinski definition) is 11. The number of anilines is 4. The zero-order valence-electron chi connectivity index (χ0n) is 23.6. The molecule has 5 heterocycles. The Kier molecular flexibility index (Phi) is 8.61. The zero-order chi connectivity index (χ0) is 28.2. The van der Waals surface area contributed by atoms with Crippen molar-refractivity contribution in [1.29, 1.82) is 0 Å². The Morgan fingerprint density at radius 1 is 0.976 bits per heavy atom. The van der Waals surface area contributed by atoms with Crippen LogP contribution in [-0.4, -0.2) is 102 Å². The van der Waals surface area contributed by atoms with Crippen molar-refractivity contribution in [3.05, 3.63) is 41.7 Å². The first-order chi connectivity index (χ1) is 20.0. The summed E-state index contributed by atoms with van der Waals surface area (Å²) in [5.74, 6) is 0.304. The summed E-state index contributed by atoms with van der Waals surface area (Å²) in [5, 5.41) is 6.84. The van der Waals surface area contributed by atoms with Gasteiger partial charge in [0.2, 0.25) is 0 Å². The van der Waals surface area contributed by atoms with Crippen molar-refractivity contribution >= 4 is 40.3 Å². The predicted octanol–water partition coefficient (Wildman–Crippen LogP) is 3.25. The number of aromatic nitrogens is 3. The van der Waals surface area contributed by atoms with Crippen LogP contribution in [-0.2, 0) is 4.74 Å². The van der Waals surface area contributed by atoms with E-state index in [-0.39, 0.29) is 11.7 Å². The highest BCUT2D eigenvalue weighted by atomic mass is 32.1. The fraction of sp³-hybridized carbons (Fsp3) is 0.517. The standard InChI is InChI=1S/C29H39N9O2S/c1-36-12-14-38(15-13-36)23-6-10-37(11-7-23)22-4-2-20(3-5-22)32-29-26(27(30)39)34-25(24-18-31-19-41-24)28(35-29)33-21-8-16-40-17-9-21/h2-5,18-19,21,23H,6-17H2,1H3,(H2,30,39)(H2,32,33,35). The number of nitrogens with zero attached hydrogens (tertiary/aromatic N) is 6. The van der Waals surface area contributed by atoms with E-state index in [2.05, 4.69) is 54.5 Å². The molecule has 41 heavy (non-hydrogen) atoms. The molecular formula is C29H39N9O2S. The Bertz CT molecular complexity index is 1300. The Balaban J connectivity index is 1.17. The van der Waals surface area contributed by atoms with Crippen molar-refractivity contribution < 1.29 is 9.53 Å². The Hall–Kier alpha value is -3.32. The second-order valence-electron chi connectivity index (χ2n) is 11.1. The maximum atomic E-state index is 12.5. The lowest BCUT2D eigenvalue weighted by atomic mass is 10.0. The maximum absolute atomic E-state index is 12.5. The minimum Gasteiger partial charge on any atom is -0.381 e. The molecule has 2 aromatic heterocycles. The van der Waals surface area contributed by atoms with Crippen molar-refractivity contribution in [1.82, 2.24) is 24.8 Å². The quantitative estimate of drug-likeness (QED) is 0.367. The van der Waals surface area contributed by atoms with E-state index in [1.54, 1.807) is 11.7 Å². The lowest BCUT2D eigenvalue weighted by Crippen LogP contribution is -2.52. The minimum absolute atomic E-state index is 0.0981. The van der Waals surface area contributed by atoms with Gasteiger partial charge in [-0.3, -0.25) is 14.7 Å². The first-order valence-electron chi connectivity index (χ1n) is 14.5. The minimum atomic E-state index is -0.636. The molecule has 0 spiro atoms. The maximum Gasteiger partial charge on any atom is 0.271 e. The summed E-state index contributed by atoms with van der Waals surface area (Å²) >= 11 is 1.45. The van der Waals surface area contributed by atoms with E-state index in [0.717, 1.165) is 49.6 Å². The molecule has 0 unspecified atom stereocenters. The van der Waals surface area contributed by atoms with Gasteiger partial charge in [-0.05, 0) is 57.0 Å². The van der Waals surface area contributed by atoms with Gasteiger partial charge >= 0.3 is 0 Å². The second kappa shape index (κ2) is 12.7. The molecule has 0 atom stereocenters. The van der Waals surface area contributed by atoms with Crippen molar-refractivity contribution in [2.45, 2.75) is 37.8 Å². The van der Waals surface area contributed by atoms with E-state index < -0.39 is 5.91 Å². The molecule has 3 aromatic rings. The summed E-state index contributed by atoms with van der Waals surface area (Å²) in [5.41, 5.74) is 10.2. The normalized spacial score (nSPS) is 19.8. The van der Waals surface area contributed by atoms with Gasteiger partial charge in [0.25, 0.3) is 5.91 Å². The van der Waals surface area contributed by atoms with Crippen LogP contribution in [0.15, 0.2) is 36.0 Å². The van der Waals surface area contributed by atoms with Gasteiger partial charge in [0.15, 0.2) is 17.3 Å². The van der Waals surface area contributed by atoms with Gasteiger partial charge < -0.3 is 30.9 Å². The molecule has 0 radical (unpaired) electrons. The molecule has 3 saturated heterocycles. The Morgan fingerprint density at radius 3 is 2.37 bits per heavy atom. The Labute approximate surface area is 245 Å². The molecule has 0 bridgehead atoms. The lowest BCUT2D eigenvalue weighted by molar-refractivity contribution is 0.0904. The SMILES string of the molecule is CN1CCN(C2CCN(c3ccc(Nc4nc(NC5CCOCC5)c(-c5cncs5)nc4C(N)=O)cc3)CC2)CC1. The molecular weight excluding hydrogens is 538 g/mol. The van der Waals surface area contributed by atoms with Crippen molar-refractivity contribution in [2.24, 2.45) is 5.73 Å². The van der Waals surface area contributed by atoms with E-state index in [1.807, 2.05) is 12.1 Å². The van der Waals surface area contributed by atoms with Gasteiger partial charge in [0.05, 0.1) is 10.4 Å². The molecule has 0 saturated carbocycles. The molecule has 3 aliphatic rings. The summed E-state index contributed by atoms with van der Waals surface area (Å²) in [6.45, 7) is 8.19. The average molecular weight is 578 g/mol. The average Bonchev–Trinajstić information content (AvgIpc) is 3.54. The summed E-state index contributed by atoms with van der Waals surface area (Å²) < 4.78 is 5.52. The van der Waals surface area contributed by atoms with Crippen LogP contribution in [0.1, 0.15) is 36.2 Å². The van der Waals surface area contributed by atoms with Gasteiger partial charge in [-0.25, -0.2) is 9.97 Å². The first kappa shape index (κ1) is 27.8. The molecule has 4 N–H and O–H groups in total. The number of nitrogens with two attached hydrogens (primary N) is 1. The van der Waals surface area contributed by atoms with Crippen LogP contribution < -0.4 is 21.3 Å². The van der Waals surface area contributed by atoms with Gasteiger partial charge in [-0.1, -0.05) is 0 Å². The Morgan fingerprint density at radius 2 is 1.71 bits per heavy atom. The van der Waals surface area contributed by atoms with Crippen LogP contribution in [0.4, 0.5) is 23.0 Å². The zero-order valence-corrected chi connectivity index (χ0v) is 24.4. The van der Waals surface area contributed by atoms with Crippen LogP contribution in [0.2, 0.25) is 0 Å². The summed E-state index contributed by atoms with van der Waals surface area (Å²) in [7, 11) is 2.21. The number of benzene rings is 1. The van der Waals surface area contributed by atoms with Crippen LogP contribution >= 0.6 is 11.3 Å². The summed E-state index contributed by atoms with van der Waals surface area (Å²) in [6.07, 6.45) is 5.86. The topological polar surface area (TPSA) is 125 Å². The van der Waals surface area contributed by atoms with Crippen molar-refractivity contribution in [2.75, 3.05) is 75.1 Å². The number of piperidine rings is 1. The largest absolute Gasteiger partial charge is 0.381 e. The van der Waals surface area contributed by atoms with Crippen LogP contribution in [0.3, 0.4) is 0 Å². The van der Waals surface area contributed by atoms with E-state index >= 15 is 0 Å². The summed E-state index contributed by atoms with van der Waals surface area (Å²) in [6, 6.07) is 9.19. The number of carbonyl (C=O) groups excluding carboxylic acids is 1. The highest BCUT2D eigenvalue weighted by molar-refractivity contribution is 7.13. The molecule has 1 aromatic carbocycles. The molecule has 0 aliphatic carbocycles. The van der Waals surface area contributed by atoms with Crippen LogP contribution in [0.25, 0.3) is 10.6 Å². The van der Waals surface area contributed by atoms with E-state index in [9.17, 15) is 4.79 Å². The van der Waals surface area contributed by atoms with E-state index in [1.165, 1.54) is 43.0 Å². The number of rotatable bonds is 8. The first-order valence-corrected chi connectivity index (χ1v) is 15.4. The molecule has 3 fully saturated rings. The van der Waals surface area contributed by atoms with Gasteiger partial charge in [0, 0.05) is 82.1 Å². The van der Waals surface area contributed by atoms with Crippen molar-refractivity contribution in [3.8, 4) is 10.6 Å². The highest BCUT2D eigenvalue weighted by Crippen LogP contribution is 2.33. The molecule has 12 heteroatoms. The van der Waals surface area contributed by atoms with Crippen LogP contribution in [0, 0.1) is 0 Å². The van der Waals surface area contributed by atoms with E-state index in [0.29, 0.717) is 36.6 Å². The highest BCUT2D eigenvalue weighted by Gasteiger charge is 2.27. The molecule has 11 nitrogen and oxygen atoms in total. The number of ether oxygens (including phenoxy) is 1. The van der Waals surface area contributed by atoms with Crippen molar-refractivity contribution in [3.63, 3.8) is 0 Å². The number of nitrogens with one attached hydrogen (secondary N) is 2. The molecule has 218 valence electrons. The third-order valence-corrected chi connectivity index (χ3v) is 9.15. The monoisotopic (exact) mass is 577 g/mol. The molecule has 3 aliphatic heterocycles. The number of thiazole rings is 1. The smallest absolute Gasteiger partial charge is 0.271 e. The third-order valence-electron chi connectivity index (χ3n) is 8.37. The third kappa shape index (κ3) is 6.61. The van der Waals surface area contributed by atoms with Gasteiger partial charge in [-0.2, -0.15) is 0 Å².